The summed E-state index contributed by atoms with van der Waals surface area (Å²) in [4.78, 5) is 28.5. The van der Waals surface area contributed by atoms with Crippen LogP contribution in [-0.4, -0.2) is 61.0 Å². The van der Waals surface area contributed by atoms with Crippen LogP contribution in [0.4, 0.5) is 4.39 Å². The fraction of sp³-hybridized carbons (Fsp3) is 0.391. The van der Waals surface area contributed by atoms with E-state index in [-0.39, 0.29) is 22.4 Å². The van der Waals surface area contributed by atoms with Crippen molar-refractivity contribution in [3.63, 3.8) is 0 Å². The number of carbonyl (C=O) groups is 2. The van der Waals surface area contributed by atoms with E-state index in [0.29, 0.717) is 52.2 Å². The zero-order valence-electron chi connectivity index (χ0n) is 17.1. The van der Waals surface area contributed by atoms with Crippen LogP contribution in [0.5, 0.6) is 11.5 Å². The van der Waals surface area contributed by atoms with E-state index in [9.17, 15) is 14.0 Å². The number of aryl methyl sites for hydroxylation is 1. The SMILES string of the molecule is O=C(CCc1ccc2c(c1)OCCCO2)N1CCN(C(=O)c2ccc(Cl)cc2F)CC1. The van der Waals surface area contributed by atoms with E-state index >= 15 is 0 Å². The van der Waals surface area contributed by atoms with E-state index in [1.54, 1.807) is 9.80 Å². The van der Waals surface area contributed by atoms with E-state index in [2.05, 4.69) is 0 Å². The highest BCUT2D eigenvalue weighted by molar-refractivity contribution is 6.30. The molecular weight excluding hydrogens is 423 g/mol. The molecule has 164 valence electrons. The smallest absolute Gasteiger partial charge is 0.256 e. The summed E-state index contributed by atoms with van der Waals surface area (Å²) < 4.78 is 25.4. The fourth-order valence-electron chi connectivity index (χ4n) is 3.76. The Bertz CT molecular complexity index is 976. The Morgan fingerprint density at radius 1 is 0.935 bits per heavy atom. The molecule has 2 aromatic carbocycles. The second-order valence-electron chi connectivity index (χ2n) is 7.63. The predicted octanol–water partition coefficient (Wildman–Crippen LogP) is 3.56. The van der Waals surface area contributed by atoms with Crippen molar-refractivity contribution in [1.29, 1.82) is 0 Å². The van der Waals surface area contributed by atoms with Crippen molar-refractivity contribution in [2.45, 2.75) is 19.3 Å². The minimum atomic E-state index is -0.633. The molecule has 0 bridgehead atoms. The van der Waals surface area contributed by atoms with Gasteiger partial charge in [0.25, 0.3) is 5.91 Å². The molecule has 0 atom stereocenters. The molecule has 2 aliphatic rings. The number of piperazine rings is 1. The van der Waals surface area contributed by atoms with Gasteiger partial charge in [0, 0.05) is 44.0 Å². The molecule has 0 radical (unpaired) electrons. The first-order chi connectivity index (χ1) is 15.0. The standard InChI is InChI=1S/C23H24ClFN2O4/c24-17-4-5-18(19(25)15-17)23(29)27-10-8-26(9-11-27)22(28)7-3-16-2-6-20-21(14-16)31-13-1-12-30-20/h2,4-6,14-15H,1,3,7-13H2. The Hall–Kier alpha value is -2.80. The van der Waals surface area contributed by atoms with E-state index in [1.165, 1.54) is 12.1 Å². The number of ether oxygens (including phenoxy) is 2. The number of amides is 2. The van der Waals surface area contributed by atoms with Crippen molar-refractivity contribution in [2.75, 3.05) is 39.4 Å². The molecule has 1 saturated heterocycles. The molecule has 8 heteroatoms. The Labute approximate surface area is 185 Å². The normalized spacial score (nSPS) is 16.1. The van der Waals surface area contributed by atoms with Crippen LogP contribution in [0.2, 0.25) is 5.02 Å². The van der Waals surface area contributed by atoms with Crippen LogP contribution in [-0.2, 0) is 11.2 Å². The molecule has 6 nitrogen and oxygen atoms in total. The third-order valence-corrected chi connectivity index (χ3v) is 5.76. The van der Waals surface area contributed by atoms with Gasteiger partial charge >= 0.3 is 0 Å². The quantitative estimate of drug-likeness (QED) is 0.720. The van der Waals surface area contributed by atoms with Crippen LogP contribution in [0.3, 0.4) is 0 Å². The van der Waals surface area contributed by atoms with Crippen molar-refractivity contribution < 1.29 is 23.5 Å². The molecule has 0 aliphatic carbocycles. The first-order valence-electron chi connectivity index (χ1n) is 10.4. The van der Waals surface area contributed by atoms with Gasteiger partial charge in [-0.3, -0.25) is 9.59 Å². The number of fused-ring (bicyclic) bond motifs is 1. The van der Waals surface area contributed by atoms with E-state index in [1.807, 2.05) is 18.2 Å². The van der Waals surface area contributed by atoms with Crippen molar-refractivity contribution >= 4 is 23.4 Å². The molecule has 2 aromatic rings. The third-order valence-electron chi connectivity index (χ3n) is 5.52. The maximum absolute atomic E-state index is 14.0. The van der Waals surface area contributed by atoms with Gasteiger partial charge in [0.1, 0.15) is 5.82 Å². The number of benzene rings is 2. The number of hydrogen-bond acceptors (Lipinski definition) is 4. The minimum absolute atomic E-state index is 0.00131. The van der Waals surface area contributed by atoms with Gasteiger partial charge in [-0.1, -0.05) is 17.7 Å². The molecule has 0 spiro atoms. The van der Waals surface area contributed by atoms with Gasteiger partial charge < -0.3 is 19.3 Å². The lowest BCUT2D eigenvalue weighted by Gasteiger charge is -2.35. The van der Waals surface area contributed by atoms with Gasteiger partial charge in [-0.05, 0) is 42.3 Å². The van der Waals surface area contributed by atoms with Gasteiger partial charge in [0.15, 0.2) is 11.5 Å². The molecule has 0 saturated carbocycles. The summed E-state index contributed by atoms with van der Waals surface area (Å²) in [6.45, 7) is 2.87. The molecule has 4 rings (SSSR count). The van der Waals surface area contributed by atoms with E-state index in [0.717, 1.165) is 29.5 Å². The number of rotatable bonds is 4. The van der Waals surface area contributed by atoms with Gasteiger partial charge in [0.2, 0.25) is 5.91 Å². The summed E-state index contributed by atoms with van der Waals surface area (Å²) in [6.07, 6.45) is 1.83. The van der Waals surface area contributed by atoms with Crippen LogP contribution in [0.1, 0.15) is 28.8 Å². The monoisotopic (exact) mass is 446 g/mol. The number of halogens is 2. The molecule has 0 N–H and O–H groups in total. The number of carbonyl (C=O) groups excluding carboxylic acids is 2. The third kappa shape index (κ3) is 5.10. The Morgan fingerprint density at radius 2 is 1.65 bits per heavy atom. The van der Waals surface area contributed by atoms with Crippen LogP contribution in [0.15, 0.2) is 36.4 Å². The average molecular weight is 447 g/mol. The van der Waals surface area contributed by atoms with Crippen molar-refractivity contribution in [2.24, 2.45) is 0 Å². The fourth-order valence-corrected chi connectivity index (χ4v) is 3.92. The van der Waals surface area contributed by atoms with Crippen molar-refractivity contribution in [3.05, 3.63) is 58.4 Å². The molecule has 0 unspecified atom stereocenters. The molecular formula is C23H24ClFN2O4. The Morgan fingerprint density at radius 3 is 2.39 bits per heavy atom. The van der Waals surface area contributed by atoms with Gasteiger partial charge in [0.05, 0.1) is 18.8 Å². The molecule has 2 heterocycles. The topological polar surface area (TPSA) is 59.1 Å². The minimum Gasteiger partial charge on any atom is -0.490 e. The largest absolute Gasteiger partial charge is 0.490 e. The lowest BCUT2D eigenvalue weighted by atomic mass is 10.1. The Kier molecular flexibility index (Phi) is 6.61. The maximum atomic E-state index is 14.0. The lowest BCUT2D eigenvalue weighted by Crippen LogP contribution is -2.50. The molecule has 2 amide bonds. The van der Waals surface area contributed by atoms with Crippen molar-refractivity contribution in [3.8, 4) is 11.5 Å². The van der Waals surface area contributed by atoms with Gasteiger partial charge in [-0.2, -0.15) is 0 Å². The highest BCUT2D eigenvalue weighted by atomic mass is 35.5. The maximum Gasteiger partial charge on any atom is 0.256 e. The van der Waals surface area contributed by atoms with E-state index < -0.39 is 5.82 Å². The summed E-state index contributed by atoms with van der Waals surface area (Å²) in [5.41, 5.74) is 1.02. The first kappa shape index (κ1) is 21.4. The molecule has 0 aromatic heterocycles. The summed E-state index contributed by atoms with van der Waals surface area (Å²) in [5, 5.41) is 0.248. The highest BCUT2D eigenvalue weighted by Gasteiger charge is 2.26. The number of nitrogens with zero attached hydrogens (tertiary/aromatic N) is 2. The Balaban J connectivity index is 1.28. The summed E-state index contributed by atoms with van der Waals surface area (Å²) in [7, 11) is 0. The first-order valence-corrected chi connectivity index (χ1v) is 10.8. The van der Waals surface area contributed by atoms with Gasteiger partial charge in [-0.25, -0.2) is 4.39 Å². The lowest BCUT2D eigenvalue weighted by molar-refractivity contribution is -0.132. The van der Waals surface area contributed by atoms with Crippen LogP contribution >= 0.6 is 11.6 Å². The predicted molar refractivity (Wildman–Crippen MR) is 114 cm³/mol. The summed E-state index contributed by atoms with van der Waals surface area (Å²) >= 11 is 5.76. The van der Waals surface area contributed by atoms with Crippen LogP contribution in [0, 0.1) is 5.82 Å². The number of hydrogen-bond donors (Lipinski definition) is 0. The molecule has 2 aliphatic heterocycles. The zero-order valence-corrected chi connectivity index (χ0v) is 17.9. The second kappa shape index (κ2) is 9.56. The molecule has 1 fully saturated rings. The molecule has 31 heavy (non-hydrogen) atoms. The average Bonchev–Trinajstić information content (AvgIpc) is 3.02. The highest BCUT2D eigenvalue weighted by Crippen LogP contribution is 2.30. The summed E-state index contributed by atoms with van der Waals surface area (Å²) in [6, 6.07) is 9.81. The second-order valence-corrected chi connectivity index (χ2v) is 8.07. The summed E-state index contributed by atoms with van der Waals surface area (Å²) in [5.74, 6) is 0.492. The van der Waals surface area contributed by atoms with Crippen molar-refractivity contribution in [1.82, 2.24) is 9.80 Å². The van der Waals surface area contributed by atoms with Crippen LogP contribution < -0.4 is 9.47 Å². The van der Waals surface area contributed by atoms with Crippen LogP contribution in [0.25, 0.3) is 0 Å². The zero-order chi connectivity index (χ0) is 21.8. The van der Waals surface area contributed by atoms with Gasteiger partial charge in [-0.15, -0.1) is 0 Å². The van der Waals surface area contributed by atoms with E-state index in [4.69, 9.17) is 21.1 Å².